The minimum atomic E-state index is -4.73. The lowest BCUT2D eigenvalue weighted by molar-refractivity contribution is -0.137. The Labute approximate surface area is 207 Å². The molecule has 8 nitrogen and oxygen atoms in total. The molecule has 2 aromatic carbocycles. The highest BCUT2D eigenvalue weighted by Gasteiger charge is 2.34. The van der Waals surface area contributed by atoms with Gasteiger partial charge in [-0.1, -0.05) is 35.9 Å². The SMILES string of the molecule is COC(=O)/C(N)=C(\Cl)C(=Nc1ccccc1C(F)(F)F)c1nc(-c2cccc(S(C)(=O)=O)c2)ns1. The van der Waals surface area contributed by atoms with Gasteiger partial charge >= 0.3 is 12.1 Å². The first-order valence-corrected chi connectivity index (χ1v) is 12.5. The zero-order chi connectivity index (χ0) is 26.0. The second-order valence-corrected chi connectivity index (χ2v) is 10.1. The molecule has 0 amide bonds. The van der Waals surface area contributed by atoms with E-state index in [1.54, 1.807) is 6.07 Å². The number of nitrogens with two attached hydrogens (primary N) is 1. The highest BCUT2D eigenvalue weighted by atomic mass is 35.5. The number of hydrogen-bond acceptors (Lipinski definition) is 9. The molecule has 0 atom stereocenters. The number of esters is 1. The molecule has 0 bridgehead atoms. The number of ether oxygens (including phenoxy) is 1. The maximum Gasteiger partial charge on any atom is 0.418 e. The van der Waals surface area contributed by atoms with Gasteiger partial charge in [0.25, 0.3) is 0 Å². The monoisotopic (exact) mass is 544 g/mol. The minimum Gasteiger partial charge on any atom is -0.464 e. The summed E-state index contributed by atoms with van der Waals surface area (Å²) < 4.78 is 73.0. The van der Waals surface area contributed by atoms with Gasteiger partial charge in [-0.15, -0.1) is 0 Å². The zero-order valence-electron chi connectivity index (χ0n) is 18.0. The molecule has 1 heterocycles. The van der Waals surface area contributed by atoms with Crippen LogP contribution in [0.3, 0.4) is 0 Å². The topological polar surface area (TPSA) is 125 Å². The number of aromatic nitrogens is 2. The van der Waals surface area contributed by atoms with Crippen LogP contribution in [-0.2, 0) is 25.5 Å². The predicted octanol–water partition coefficient (Wildman–Crippen LogP) is 4.33. The molecule has 0 aliphatic heterocycles. The van der Waals surface area contributed by atoms with E-state index in [4.69, 9.17) is 17.3 Å². The van der Waals surface area contributed by atoms with Crippen molar-refractivity contribution in [3.63, 3.8) is 0 Å². The first-order valence-electron chi connectivity index (χ1n) is 9.46. The fourth-order valence-corrected chi connectivity index (χ4v) is 4.36. The minimum absolute atomic E-state index is 0.0206. The average molecular weight is 545 g/mol. The van der Waals surface area contributed by atoms with Gasteiger partial charge in [-0.2, -0.15) is 17.5 Å². The molecule has 184 valence electrons. The van der Waals surface area contributed by atoms with Crippen LogP contribution in [0.4, 0.5) is 18.9 Å². The molecule has 2 N–H and O–H groups in total. The van der Waals surface area contributed by atoms with E-state index in [1.807, 2.05) is 0 Å². The van der Waals surface area contributed by atoms with Crippen molar-refractivity contribution in [1.29, 1.82) is 0 Å². The first kappa shape index (κ1) is 26.3. The lowest BCUT2D eigenvalue weighted by Crippen LogP contribution is -2.18. The summed E-state index contributed by atoms with van der Waals surface area (Å²) in [6.07, 6.45) is -3.69. The second-order valence-electron chi connectivity index (χ2n) is 6.92. The van der Waals surface area contributed by atoms with E-state index in [0.29, 0.717) is 17.1 Å². The highest BCUT2D eigenvalue weighted by molar-refractivity contribution is 7.90. The zero-order valence-corrected chi connectivity index (χ0v) is 20.4. The summed E-state index contributed by atoms with van der Waals surface area (Å²) >= 11 is 6.98. The molecule has 35 heavy (non-hydrogen) atoms. The number of benzene rings is 2. The third-order valence-electron chi connectivity index (χ3n) is 4.44. The Balaban J connectivity index is 2.21. The smallest absolute Gasteiger partial charge is 0.418 e. The van der Waals surface area contributed by atoms with E-state index >= 15 is 0 Å². The lowest BCUT2D eigenvalue weighted by atomic mass is 10.1. The van der Waals surface area contributed by atoms with Gasteiger partial charge in [-0.05, 0) is 35.8 Å². The van der Waals surface area contributed by atoms with Gasteiger partial charge in [0, 0.05) is 11.8 Å². The number of carbonyl (C=O) groups is 1. The second kappa shape index (κ2) is 10.1. The molecular formula is C21H16ClF3N4O4S2. The summed E-state index contributed by atoms with van der Waals surface area (Å²) in [6, 6.07) is 10.3. The van der Waals surface area contributed by atoms with Gasteiger partial charge in [-0.3, -0.25) is 0 Å². The number of methoxy groups -OCH3 is 1. The fraction of sp³-hybridized carbons (Fsp3) is 0.143. The van der Waals surface area contributed by atoms with Gasteiger partial charge in [-0.25, -0.2) is 23.2 Å². The largest absolute Gasteiger partial charge is 0.464 e. The number of sulfone groups is 1. The van der Waals surface area contributed by atoms with Crippen LogP contribution in [0.25, 0.3) is 11.4 Å². The van der Waals surface area contributed by atoms with Gasteiger partial charge in [0.15, 0.2) is 20.7 Å². The van der Waals surface area contributed by atoms with Crippen LogP contribution in [0.5, 0.6) is 0 Å². The van der Waals surface area contributed by atoms with Gasteiger partial charge in [0.2, 0.25) is 0 Å². The van der Waals surface area contributed by atoms with Gasteiger partial charge in [0.1, 0.15) is 11.4 Å². The van der Waals surface area contributed by atoms with E-state index in [0.717, 1.165) is 25.5 Å². The Kier molecular flexibility index (Phi) is 7.62. The predicted molar refractivity (Wildman–Crippen MR) is 125 cm³/mol. The van der Waals surface area contributed by atoms with Crippen LogP contribution in [0.1, 0.15) is 10.6 Å². The molecule has 0 aliphatic carbocycles. The van der Waals surface area contributed by atoms with Crippen molar-refractivity contribution in [3.05, 3.63) is 69.8 Å². The number of aliphatic imine (C=N–C) groups is 1. The number of carbonyl (C=O) groups excluding carboxylic acids is 1. The number of hydrogen-bond donors (Lipinski definition) is 1. The van der Waals surface area contributed by atoms with Gasteiger partial charge < -0.3 is 10.5 Å². The first-order chi connectivity index (χ1) is 16.3. The van der Waals surface area contributed by atoms with E-state index in [9.17, 15) is 26.4 Å². The number of alkyl halides is 3. The molecule has 0 spiro atoms. The van der Waals surface area contributed by atoms with Crippen LogP contribution in [0.15, 0.2) is 69.1 Å². The third-order valence-corrected chi connectivity index (χ3v) is 6.66. The Morgan fingerprint density at radius 1 is 1.17 bits per heavy atom. The van der Waals surface area contributed by atoms with Crippen molar-refractivity contribution in [3.8, 4) is 11.4 Å². The lowest BCUT2D eigenvalue weighted by Gasteiger charge is -2.11. The molecule has 0 aliphatic rings. The maximum atomic E-state index is 13.5. The Morgan fingerprint density at radius 3 is 2.49 bits per heavy atom. The third kappa shape index (κ3) is 6.05. The van der Waals surface area contributed by atoms with Crippen LogP contribution >= 0.6 is 23.1 Å². The molecule has 0 saturated heterocycles. The summed E-state index contributed by atoms with van der Waals surface area (Å²) in [5, 5.41) is -0.569. The summed E-state index contributed by atoms with van der Waals surface area (Å²) in [7, 11) is -2.47. The van der Waals surface area contributed by atoms with Crippen molar-refractivity contribution in [2.45, 2.75) is 11.1 Å². The van der Waals surface area contributed by atoms with Gasteiger partial charge in [0.05, 0.1) is 28.3 Å². The van der Waals surface area contributed by atoms with E-state index in [2.05, 4.69) is 19.1 Å². The Bertz CT molecular complexity index is 1450. The van der Waals surface area contributed by atoms with Crippen molar-refractivity contribution in [2.24, 2.45) is 10.7 Å². The summed E-state index contributed by atoms with van der Waals surface area (Å²) in [5.41, 5.74) is 3.55. The summed E-state index contributed by atoms with van der Waals surface area (Å²) in [6.45, 7) is 0. The Hall–Kier alpha value is -3.29. The number of rotatable bonds is 6. The van der Waals surface area contributed by atoms with Crippen LogP contribution in [0.2, 0.25) is 0 Å². The molecule has 0 saturated carbocycles. The average Bonchev–Trinajstić information content (AvgIpc) is 3.30. The van der Waals surface area contributed by atoms with Crippen LogP contribution in [-0.4, -0.2) is 42.8 Å². The van der Waals surface area contributed by atoms with Crippen molar-refractivity contribution in [1.82, 2.24) is 9.36 Å². The van der Waals surface area contributed by atoms with Crippen molar-refractivity contribution < 1.29 is 31.1 Å². The molecule has 3 rings (SSSR count). The molecule has 0 unspecified atom stereocenters. The number of para-hydroxylation sites is 1. The van der Waals surface area contributed by atoms with E-state index in [1.165, 1.54) is 30.3 Å². The summed E-state index contributed by atoms with van der Waals surface area (Å²) in [5.74, 6) is -0.967. The van der Waals surface area contributed by atoms with E-state index < -0.39 is 44.0 Å². The fourth-order valence-electron chi connectivity index (χ4n) is 2.75. The number of nitrogens with zero attached hydrogens (tertiary/aromatic N) is 3. The van der Waals surface area contributed by atoms with Crippen LogP contribution < -0.4 is 5.73 Å². The maximum absolute atomic E-state index is 13.5. The highest BCUT2D eigenvalue weighted by Crippen LogP contribution is 2.37. The van der Waals surface area contributed by atoms with Crippen molar-refractivity contribution >= 4 is 50.3 Å². The van der Waals surface area contributed by atoms with Crippen molar-refractivity contribution in [2.75, 3.05) is 13.4 Å². The molecule has 0 radical (unpaired) electrons. The molecule has 14 heteroatoms. The summed E-state index contributed by atoms with van der Waals surface area (Å²) in [4.78, 5) is 20.2. The quantitative estimate of drug-likeness (QED) is 0.278. The molecular weight excluding hydrogens is 529 g/mol. The molecule has 1 aromatic heterocycles. The molecule has 3 aromatic rings. The normalized spacial score (nSPS) is 13.4. The molecule has 0 fully saturated rings. The van der Waals surface area contributed by atoms with Crippen LogP contribution in [0, 0.1) is 0 Å². The Morgan fingerprint density at radius 2 is 1.86 bits per heavy atom. The number of halogens is 4. The number of allylic oxidation sites excluding steroid dienone is 1. The van der Waals surface area contributed by atoms with E-state index in [-0.39, 0.29) is 21.4 Å². The standard InChI is InChI=1S/C21H16ClF3N4O4S2/c1-33-20(30)16(26)15(22)17(27-14-9-4-3-8-13(14)21(23,24)25)19-28-18(29-34-19)11-6-5-7-12(10-11)35(2,31)32/h3-10H,26H2,1-2H3/b16-15+,27-17?.